The van der Waals surface area contributed by atoms with Crippen molar-refractivity contribution >= 4 is 12.0 Å². The van der Waals surface area contributed by atoms with Crippen molar-refractivity contribution < 1.29 is 13.6 Å². The Kier molecular flexibility index (Phi) is 11.8. The molecule has 3 atom stereocenters. The summed E-state index contributed by atoms with van der Waals surface area (Å²) in [7, 11) is 1.79. The average molecular weight is 519 g/mol. The molecule has 2 heterocycles. The molecule has 2 aliphatic rings. The van der Waals surface area contributed by atoms with E-state index in [4.69, 9.17) is 0 Å². The normalized spacial score (nSPS) is 22.3. The Morgan fingerprint density at radius 1 is 1.16 bits per heavy atom. The molecular formula is C30H48F2N4O. The lowest BCUT2D eigenvalue weighted by Crippen LogP contribution is -2.46. The molecule has 2 saturated heterocycles. The first-order valence-corrected chi connectivity index (χ1v) is 14.4. The number of carbonyl (C=O) groups is 1. The zero-order valence-corrected chi connectivity index (χ0v) is 23.2. The lowest BCUT2D eigenvalue weighted by atomic mass is 9.88. The molecule has 2 N–H and O–H groups in total. The van der Waals surface area contributed by atoms with Crippen molar-refractivity contribution in [3.05, 3.63) is 41.9 Å². The van der Waals surface area contributed by atoms with Gasteiger partial charge in [0.15, 0.2) is 0 Å². The number of nitrogens with one attached hydrogen (secondary N) is 2. The van der Waals surface area contributed by atoms with E-state index in [0.29, 0.717) is 31.0 Å². The van der Waals surface area contributed by atoms with Crippen molar-refractivity contribution in [1.29, 1.82) is 0 Å². The minimum atomic E-state index is -0.804. The Bertz CT molecular complexity index is 852. The van der Waals surface area contributed by atoms with Gasteiger partial charge in [-0.3, -0.25) is 9.80 Å². The summed E-state index contributed by atoms with van der Waals surface area (Å²) in [5, 5.41) is 6.33. The number of hydrogen-bond donors (Lipinski definition) is 2. The van der Waals surface area contributed by atoms with Gasteiger partial charge in [0.25, 0.3) is 0 Å². The van der Waals surface area contributed by atoms with E-state index < -0.39 is 6.17 Å². The quantitative estimate of drug-likeness (QED) is 0.290. The van der Waals surface area contributed by atoms with Crippen LogP contribution in [-0.2, 0) is 4.79 Å². The van der Waals surface area contributed by atoms with Crippen LogP contribution in [0, 0.1) is 11.7 Å². The van der Waals surface area contributed by atoms with Crippen molar-refractivity contribution in [3.63, 3.8) is 0 Å². The van der Waals surface area contributed by atoms with Crippen molar-refractivity contribution in [1.82, 2.24) is 15.1 Å². The minimum Gasteiger partial charge on any atom is -0.390 e. The summed E-state index contributed by atoms with van der Waals surface area (Å²) < 4.78 is 30.2. The zero-order chi connectivity index (χ0) is 26.8. The number of aldehydes is 1. The summed E-state index contributed by atoms with van der Waals surface area (Å²) in [4.78, 5) is 15.5. The lowest BCUT2D eigenvalue weighted by Gasteiger charge is -2.37. The molecule has 208 valence electrons. The van der Waals surface area contributed by atoms with Gasteiger partial charge in [-0.1, -0.05) is 39.3 Å². The van der Waals surface area contributed by atoms with Crippen LogP contribution in [0.5, 0.6) is 0 Å². The molecule has 2 fully saturated rings. The summed E-state index contributed by atoms with van der Waals surface area (Å²) in [6.07, 6.45) is 7.61. The van der Waals surface area contributed by atoms with Crippen LogP contribution in [0.15, 0.2) is 30.5 Å². The Morgan fingerprint density at radius 3 is 2.46 bits per heavy atom. The molecule has 0 amide bonds. The molecule has 0 aliphatic carbocycles. The maximum absolute atomic E-state index is 15.2. The van der Waals surface area contributed by atoms with Gasteiger partial charge in [-0.2, -0.15) is 0 Å². The van der Waals surface area contributed by atoms with Gasteiger partial charge in [-0.25, -0.2) is 8.78 Å². The van der Waals surface area contributed by atoms with Crippen LogP contribution in [0.4, 0.5) is 14.5 Å². The van der Waals surface area contributed by atoms with Crippen LogP contribution >= 0.6 is 0 Å². The van der Waals surface area contributed by atoms with Crippen LogP contribution in [0.2, 0.25) is 0 Å². The summed E-state index contributed by atoms with van der Waals surface area (Å²) in [5.41, 5.74) is 2.19. The van der Waals surface area contributed by atoms with Crippen LogP contribution in [0.3, 0.4) is 0 Å². The fourth-order valence-electron chi connectivity index (χ4n) is 6.26. The molecule has 0 saturated carbocycles. The van der Waals surface area contributed by atoms with E-state index in [1.165, 1.54) is 25.7 Å². The van der Waals surface area contributed by atoms with Gasteiger partial charge in [0.2, 0.25) is 0 Å². The number of likely N-dealkylation sites (N-methyl/N-ethyl adjacent to an activating group) is 1. The molecule has 0 aromatic heterocycles. The number of carbonyl (C=O) groups excluding carboxylic acids is 1. The van der Waals surface area contributed by atoms with Crippen molar-refractivity contribution in [2.24, 2.45) is 5.92 Å². The van der Waals surface area contributed by atoms with Crippen molar-refractivity contribution in [3.8, 4) is 0 Å². The molecule has 2 aliphatic heterocycles. The van der Waals surface area contributed by atoms with Gasteiger partial charge >= 0.3 is 0 Å². The van der Waals surface area contributed by atoms with Crippen molar-refractivity contribution in [2.45, 2.75) is 89.4 Å². The summed E-state index contributed by atoms with van der Waals surface area (Å²) in [6, 6.07) is 5.16. The number of rotatable bonds is 15. The molecule has 0 radical (unpaired) electrons. The maximum atomic E-state index is 15.2. The predicted molar refractivity (Wildman–Crippen MR) is 149 cm³/mol. The third kappa shape index (κ3) is 8.25. The summed E-state index contributed by atoms with van der Waals surface area (Å²) in [5.74, 6) is 0.613. The van der Waals surface area contributed by atoms with Gasteiger partial charge in [0.05, 0.1) is 12.1 Å². The highest BCUT2D eigenvalue weighted by atomic mass is 19.1. The predicted octanol–water partition coefficient (Wildman–Crippen LogP) is 5.74. The number of likely N-dealkylation sites (tertiary alicyclic amines) is 2. The molecule has 3 unspecified atom stereocenters. The molecule has 1 aromatic rings. The number of halogens is 2. The largest absolute Gasteiger partial charge is 0.390 e. The molecule has 37 heavy (non-hydrogen) atoms. The highest BCUT2D eigenvalue weighted by Crippen LogP contribution is 2.34. The van der Waals surface area contributed by atoms with E-state index >= 15 is 8.78 Å². The monoisotopic (exact) mass is 518 g/mol. The van der Waals surface area contributed by atoms with Crippen LogP contribution in [0.1, 0.15) is 76.7 Å². The number of hydrogen-bond acceptors (Lipinski definition) is 5. The van der Waals surface area contributed by atoms with E-state index in [1.807, 2.05) is 12.1 Å². The van der Waals surface area contributed by atoms with Crippen LogP contribution in [-0.4, -0.2) is 74.1 Å². The van der Waals surface area contributed by atoms with E-state index in [2.05, 4.69) is 40.9 Å². The third-order valence-electron chi connectivity index (χ3n) is 8.30. The highest BCUT2D eigenvalue weighted by Gasteiger charge is 2.39. The van der Waals surface area contributed by atoms with Gasteiger partial charge in [-0.05, 0) is 74.7 Å². The third-order valence-corrected chi connectivity index (χ3v) is 8.30. The van der Waals surface area contributed by atoms with Crippen molar-refractivity contribution in [2.75, 3.05) is 45.1 Å². The molecule has 0 bridgehead atoms. The lowest BCUT2D eigenvalue weighted by molar-refractivity contribution is -0.107. The molecule has 0 spiro atoms. The molecule has 5 nitrogen and oxygen atoms in total. The van der Waals surface area contributed by atoms with E-state index in [0.717, 1.165) is 56.6 Å². The zero-order valence-electron chi connectivity index (χ0n) is 23.2. The van der Waals surface area contributed by atoms with E-state index in [1.54, 1.807) is 13.1 Å². The Balaban J connectivity index is 1.54. The van der Waals surface area contributed by atoms with E-state index in [9.17, 15) is 4.79 Å². The first-order chi connectivity index (χ1) is 17.9. The molecule has 3 rings (SSSR count). The second-order valence-electron chi connectivity index (χ2n) is 11.0. The number of nitrogens with zero attached hydrogens (tertiary/aromatic N) is 2. The number of alkyl halides is 1. The highest BCUT2D eigenvalue weighted by molar-refractivity contribution is 5.51. The maximum Gasteiger partial charge on any atom is 0.129 e. The average Bonchev–Trinajstić information content (AvgIpc) is 3.26. The Hall–Kier alpha value is -1.99. The first-order valence-electron chi connectivity index (χ1n) is 14.4. The standard InChI is InChI=1S/C30H48F2N4O/c1-5-8-23(9-6-2)19-35-20-28(32)30(21-35)36-15-13-24(14-16-36)26-12-11-25(18-27(26)31)34-29(10-7-17-37)22(3)33-4/h11-12,17-18,23-24,28-30,33-34H,3,5-10,13-16,19-21H2,1-2,4H3. The second-order valence-corrected chi connectivity index (χ2v) is 11.0. The Labute approximate surface area is 223 Å². The van der Waals surface area contributed by atoms with E-state index in [-0.39, 0.29) is 23.8 Å². The first kappa shape index (κ1) is 29.6. The number of anilines is 1. The molecule has 1 aromatic carbocycles. The molecule has 7 heteroatoms. The summed E-state index contributed by atoms with van der Waals surface area (Å²) in [6.45, 7) is 12.5. The fourth-order valence-corrected chi connectivity index (χ4v) is 6.26. The van der Waals surface area contributed by atoms with Gasteiger partial charge in [-0.15, -0.1) is 0 Å². The Morgan fingerprint density at radius 2 is 1.86 bits per heavy atom. The summed E-state index contributed by atoms with van der Waals surface area (Å²) >= 11 is 0. The van der Waals surface area contributed by atoms with Crippen LogP contribution in [0.25, 0.3) is 0 Å². The number of benzene rings is 1. The second kappa shape index (κ2) is 14.8. The van der Waals surface area contributed by atoms with Gasteiger partial charge in [0.1, 0.15) is 18.3 Å². The van der Waals surface area contributed by atoms with Gasteiger partial charge < -0.3 is 15.4 Å². The smallest absolute Gasteiger partial charge is 0.129 e. The molecular weight excluding hydrogens is 470 g/mol. The minimum absolute atomic E-state index is 0.0372. The SMILES string of the molecule is C=C(NC)C(CCC=O)Nc1ccc(C2CCN(C3CN(CC(CCC)CCC)CC3F)CC2)c(F)c1. The fraction of sp³-hybridized carbons (Fsp3) is 0.700. The van der Waals surface area contributed by atoms with Crippen LogP contribution < -0.4 is 10.6 Å². The topological polar surface area (TPSA) is 47.6 Å². The number of piperidine rings is 1. The van der Waals surface area contributed by atoms with Gasteiger partial charge in [0, 0.05) is 44.5 Å².